The Hall–Kier alpha value is -1.55. The molecule has 0 aromatic heterocycles. The molecule has 4 nitrogen and oxygen atoms in total. The van der Waals surface area contributed by atoms with Crippen LogP contribution in [0.15, 0.2) is 18.2 Å². The number of phenolic OH excluding ortho intramolecular Hbond substituents is 1. The van der Waals surface area contributed by atoms with Crippen LogP contribution < -0.4 is 5.73 Å². The van der Waals surface area contributed by atoms with Gasteiger partial charge in [0.05, 0.1) is 6.04 Å². The lowest BCUT2D eigenvalue weighted by Crippen LogP contribution is -2.45. The predicted molar refractivity (Wildman–Crippen MR) is 70.1 cm³/mol. The van der Waals surface area contributed by atoms with Crippen LogP contribution in [0, 0.1) is 0 Å². The van der Waals surface area contributed by atoms with E-state index in [9.17, 15) is 9.90 Å². The Morgan fingerprint density at radius 1 is 1.50 bits per heavy atom. The number of carbonyl (C=O) groups is 1. The first-order chi connectivity index (χ1) is 8.61. The van der Waals surface area contributed by atoms with Gasteiger partial charge in [0, 0.05) is 13.1 Å². The minimum Gasteiger partial charge on any atom is -0.508 e. The maximum Gasteiger partial charge on any atom is 0.239 e. The lowest BCUT2D eigenvalue weighted by molar-refractivity contribution is -0.133. The van der Waals surface area contributed by atoms with Crippen molar-refractivity contribution in [1.82, 2.24) is 4.90 Å². The zero-order valence-corrected chi connectivity index (χ0v) is 10.7. The maximum absolute atomic E-state index is 12.1. The number of hydrogen-bond donors (Lipinski definition) is 2. The standard InChI is InChI=1S/C14H20N2O2/c1-2-3-13(15)14(18)16-7-6-10-4-5-12(17)8-11(10)9-16/h4-5,8,13,17H,2-3,6-7,9,15H2,1H3/t13-/m1/s1. The van der Waals surface area contributed by atoms with Crippen LogP contribution in [-0.4, -0.2) is 28.5 Å². The van der Waals surface area contributed by atoms with Gasteiger partial charge in [-0.3, -0.25) is 4.79 Å². The maximum atomic E-state index is 12.1. The van der Waals surface area contributed by atoms with Crippen LogP contribution in [0.3, 0.4) is 0 Å². The first kappa shape index (κ1) is 12.9. The van der Waals surface area contributed by atoms with Crippen molar-refractivity contribution in [2.24, 2.45) is 5.73 Å². The third kappa shape index (κ3) is 2.64. The van der Waals surface area contributed by atoms with Gasteiger partial charge < -0.3 is 15.7 Å². The monoisotopic (exact) mass is 248 g/mol. The molecule has 0 aliphatic carbocycles. The van der Waals surface area contributed by atoms with Gasteiger partial charge in [0.15, 0.2) is 0 Å². The third-order valence-electron chi connectivity index (χ3n) is 3.43. The van der Waals surface area contributed by atoms with E-state index in [0.29, 0.717) is 13.1 Å². The number of carbonyl (C=O) groups excluding carboxylic acids is 1. The van der Waals surface area contributed by atoms with Gasteiger partial charge in [-0.1, -0.05) is 19.4 Å². The van der Waals surface area contributed by atoms with Crippen LogP contribution in [-0.2, 0) is 17.8 Å². The highest BCUT2D eigenvalue weighted by molar-refractivity contribution is 5.81. The van der Waals surface area contributed by atoms with Crippen LogP contribution in [0.5, 0.6) is 5.75 Å². The Bertz CT molecular complexity index is 445. The number of nitrogens with two attached hydrogens (primary N) is 1. The van der Waals surface area contributed by atoms with Crippen molar-refractivity contribution in [2.75, 3.05) is 6.54 Å². The highest BCUT2D eigenvalue weighted by Gasteiger charge is 2.24. The largest absolute Gasteiger partial charge is 0.508 e. The fourth-order valence-electron chi connectivity index (χ4n) is 2.40. The molecule has 0 bridgehead atoms. The number of phenols is 1. The average molecular weight is 248 g/mol. The topological polar surface area (TPSA) is 66.6 Å². The summed E-state index contributed by atoms with van der Waals surface area (Å²) in [7, 11) is 0. The fourth-order valence-corrected chi connectivity index (χ4v) is 2.40. The number of benzene rings is 1. The van der Waals surface area contributed by atoms with Crippen molar-refractivity contribution in [3.05, 3.63) is 29.3 Å². The van der Waals surface area contributed by atoms with Crippen molar-refractivity contribution in [3.8, 4) is 5.75 Å². The van der Waals surface area contributed by atoms with Gasteiger partial charge in [-0.05, 0) is 36.1 Å². The van der Waals surface area contributed by atoms with Gasteiger partial charge in [-0.25, -0.2) is 0 Å². The molecule has 1 aromatic rings. The molecule has 3 N–H and O–H groups in total. The van der Waals surface area contributed by atoms with Gasteiger partial charge >= 0.3 is 0 Å². The third-order valence-corrected chi connectivity index (χ3v) is 3.43. The van der Waals surface area contributed by atoms with Crippen LogP contribution in [0.1, 0.15) is 30.9 Å². The summed E-state index contributed by atoms with van der Waals surface area (Å²) in [4.78, 5) is 13.9. The fraction of sp³-hybridized carbons (Fsp3) is 0.500. The van der Waals surface area contributed by atoms with Crippen molar-refractivity contribution in [3.63, 3.8) is 0 Å². The second kappa shape index (κ2) is 5.40. The van der Waals surface area contributed by atoms with Crippen LogP contribution in [0.2, 0.25) is 0 Å². The summed E-state index contributed by atoms with van der Waals surface area (Å²) in [6, 6.07) is 4.96. The summed E-state index contributed by atoms with van der Waals surface area (Å²) in [5.41, 5.74) is 8.10. The van der Waals surface area contributed by atoms with Gasteiger partial charge in [-0.2, -0.15) is 0 Å². The second-order valence-corrected chi connectivity index (χ2v) is 4.86. The highest BCUT2D eigenvalue weighted by Crippen LogP contribution is 2.23. The van der Waals surface area contributed by atoms with Gasteiger partial charge in [0.2, 0.25) is 5.91 Å². The van der Waals surface area contributed by atoms with E-state index in [1.807, 2.05) is 13.0 Å². The van der Waals surface area contributed by atoms with Gasteiger partial charge in [-0.15, -0.1) is 0 Å². The summed E-state index contributed by atoms with van der Waals surface area (Å²) in [6.45, 7) is 3.30. The molecule has 1 heterocycles. The number of amides is 1. The Morgan fingerprint density at radius 3 is 3.00 bits per heavy atom. The average Bonchev–Trinajstić information content (AvgIpc) is 2.37. The zero-order valence-electron chi connectivity index (χ0n) is 10.7. The molecule has 4 heteroatoms. The number of nitrogens with zero attached hydrogens (tertiary/aromatic N) is 1. The SMILES string of the molecule is CCC[C@@H](N)C(=O)N1CCc2ccc(O)cc2C1. The Labute approximate surface area is 107 Å². The lowest BCUT2D eigenvalue weighted by Gasteiger charge is -2.30. The summed E-state index contributed by atoms with van der Waals surface area (Å²) in [5.74, 6) is 0.270. The van der Waals surface area contributed by atoms with E-state index in [2.05, 4.69) is 0 Å². The Morgan fingerprint density at radius 2 is 2.28 bits per heavy atom. The molecule has 1 aliphatic rings. The molecule has 0 radical (unpaired) electrons. The zero-order chi connectivity index (χ0) is 13.1. The summed E-state index contributed by atoms with van der Waals surface area (Å²) in [5, 5.41) is 9.48. The predicted octanol–water partition coefficient (Wildman–Crippen LogP) is 1.40. The van der Waals surface area contributed by atoms with E-state index in [4.69, 9.17) is 5.73 Å². The van der Waals surface area contributed by atoms with Crippen molar-refractivity contribution < 1.29 is 9.90 Å². The molecule has 18 heavy (non-hydrogen) atoms. The van der Waals surface area contributed by atoms with E-state index in [1.165, 1.54) is 5.56 Å². The summed E-state index contributed by atoms with van der Waals surface area (Å²) in [6.07, 6.45) is 2.47. The molecule has 1 aromatic carbocycles. The minimum atomic E-state index is -0.395. The quantitative estimate of drug-likeness (QED) is 0.849. The number of hydrogen-bond acceptors (Lipinski definition) is 3. The first-order valence-electron chi connectivity index (χ1n) is 6.47. The molecule has 2 rings (SSSR count). The van der Waals surface area contributed by atoms with E-state index in [1.54, 1.807) is 17.0 Å². The van der Waals surface area contributed by atoms with Gasteiger partial charge in [0.25, 0.3) is 0 Å². The number of fused-ring (bicyclic) bond motifs is 1. The van der Waals surface area contributed by atoms with E-state index >= 15 is 0 Å². The first-order valence-corrected chi connectivity index (χ1v) is 6.47. The normalized spacial score (nSPS) is 16.2. The molecule has 98 valence electrons. The molecular formula is C14H20N2O2. The lowest BCUT2D eigenvalue weighted by atomic mass is 9.98. The Balaban J connectivity index is 2.09. The van der Waals surface area contributed by atoms with Crippen LogP contribution >= 0.6 is 0 Å². The highest BCUT2D eigenvalue weighted by atomic mass is 16.3. The molecule has 0 spiro atoms. The number of rotatable bonds is 3. The van der Waals surface area contributed by atoms with E-state index in [-0.39, 0.29) is 11.7 Å². The summed E-state index contributed by atoms with van der Waals surface area (Å²) >= 11 is 0. The second-order valence-electron chi connectivity index (χ2n) is 4.86. The summed E-state index contributed by atoms with van der Waals surface area (Å²) < 4.78 is 0. The van der Waals surface area contributed by atoms with Crippen molar-refractivity contribution in [2.45, 2.75) is 38.8 Å². The number of aromatic hydroxyl groups is 1. The molecule has 0 unspecified atom stereocenters. The molecule has 0 saturated carbocycles. The van der Waals surface area contributed by atoms with E-state index < -0.39 is 6.04 Å². The smallest absolute Gasteiger partial charge is 0.239 e. The van der Waals surface area contributed by atoms with Crippen molar-refractivity contribution >= 4 is 5.91 Å². The Kier molecular flexibility index (Phi) is 3.87. The molecule has 1 aliphatic heterocycles. The van der Waals surface area contributed by atoms with Gasteiger partial charge in [0.1, 0.15) is 5.75 Å². The van der Waals surface area contributed by atoms with Crippen LogP contribution in [0.25, 0.3) is 0 Å². The van der Waals surface area contributed by atoms with E-state index in [0.717, 1.165) is 24.8 Å². The molecule has 0 saturated heterocycles. The molecule has 1 atom stereocenters. The molecular weight excluding hydrogens is 228 g/mol. The van der Waals surface area contributed by atoms with Crippen LogP contribution in [0.4, 0.5) is 0 Å². The molecule has 1 amide bonds. The van der Waals surface area contributed by atoms with Crippen molar-refractivity contribution in [1.29, 1.82) is 0 Å². The minimum absolute atomic E-state index is 0.0193. The molecule has 0 fully saturated rings.